The van der Waals surface area contributed by atoms with E-state index in [0.29, 0.717) is 0 Å². The lowest BCUT2D eigenvalue weighted by Crippen LogP contribution is -1.91. The zero-order valence-electron chi connectivity index (χ0n) is 31.4. The normalized spacial score (nSPS) is 12.3. The number of nitrogens with one attached hydrogen (secondary N) is 2. The summed E-state index contributed by atoms with van der Waals surface area (Å²) in [5, 5.41) is 7.49. The third-order valence-electron chi connectivity index (χ3n) is 11.7. The maximum Gasteiger partial charge on any atom is 0.0737 e. The van der Waals surface area contributed by atoms with Gasteiger partial charge in [0, 0.05) is 44.3 Å². The smallest absolute Gasteiger partial charge is 0.0737 e. The van der Waals surface area contributed by atoms with E-state index in [9.17, 15) is 0 Å². The largest absolute Gasteiger partial charge is 0.354 e. The van der Waals surface area contributed by atoms with Crippen molar-refractivity contribution in [3.05, 3.63) is 193 Å². The van der Waals surface area contributed by atoms with E-state index in [0.717, 1.165) is 89.4 Å². The Bertz CT molecular complexity index is 3430. The number of benzene rings is 7. The van der Waals surface area contributed by atoms with E-state index in [-0.39, 0.29) is 0 Å². The lowest BCUT2D eigenvalue weighted by molar-refractivity contribution is 1.31. The Kier molecular flexibility index (Phi) is 7.20. The highest BCUT2D eigenvalue weighted by atomic mass is 14.8. The first kappa shape index (κ1) is 32.4. The predicted octanol–water partition coefficient (Wildman–Crippen LogP) is 14.2. The van der Waals surface area contributed by atoms with Crippen molar-refractivity contribution in [2.75, 3.05) is 0 Å². The van der Waals surface area contributed by atoms with Gasteiger partial charge in [-0.25, -0.2) is 9.97 Å². The summed E-state index contributed by atoms with van der Waals surface area (Å²) in [6.45, 7) is 0. The quantitative estimate of drug-likeness (QED) is 0.177. The van der Waals surface area contributed by atoms with Crippen molar-refractivity contribution in [2.45, 2.75) is 0 Å². The molecule has 8 bridgehead atoms. The molecule has 2 aliphatic rings. The number of nitrogens with zero attached hydrogens (tertiary/aromatic N) is 2. The van der Waals surface area contributed by atoms with Crippen LogP contribution in [0.5, 0.6) is 0 Å². The summed E-state index contributed by atoms with van der Waals surface area (Å²) in [6.07, 6.45) is 8.66. The standard InChI is InChI=1S/C54H34N4/c1-4-11-33(12-5-1)51-41-25-27-43(55-41)52(34-13-6-2-7-14-34)45-29-31-47(57-45)54(40-24-22-38-20-19-36-17-10-18-37-21-23-39(40)50(38)49(36)37)48-32-30-46(58-48)53(35-15-8-3-9-16-35)44-28-26-42(51)56-44/h1-32,55,58H. The van der Waals surface area contributed by atoms with Gasteiger partial charge in [-0.15, -0.1) is 0 Å². The summed E-state index contributed by atoms with van der Waals surface area (Å²) >= 11 is 0. The van der Waals surface area contributed by atoms with Gasteiger partial charge in [-0.1, -0.05) is 146 Å². The van der Waals surface area contributed by atoms with Crippen LogP contribution in [-0.4, -0.2) is 19.9 Å². The van der Waals surface area contributed by atoms with Gasteiger partial charge in [-0.05, 0) is 103 Å². The average Bonchev–Trinajstić information content (AvgIpc) is 4.13. The van der Waals surface area contributed by atoms with Gasteiger partial charge in [0.25, 0.3) is 0 Å². The second kappa shape index (κ2) is 12.9. The number of rotatable bonds is 4. The molecule has 2 aliphatic heterocycles. The summed E-state index contributed by atoms with van der Waals surface area (Å²) in [4.78, 5) is 18.8. The van der Waals surface area contributed by atoms with Crippen LogP contribution in [-0.2, 0) is 0 Å². The number of aromatic amines is 2. The second-order valence-corrected chi connectivity index (χ2v) is 15.1. The van der Waals surface area contributed by atoms with E-state index in [1.54, 1.807) is 0 Å². The molecule has 10 aromatic rings. The molecule has 3 aromatic heterocycles. The van der Waals surface area contributed by atoms with E-state index in [1.807, 2.05) is 0 Å². The van der Waals surface area contributed by atoms with Crippen molar-refractivity contribution in [1.29, 1.82) is 0 Å². The minimum absolute atomic E-state index is 0.898. The number of hydrogen-bond acceptors (Lipinski definition) is 2. The highest BCUT2D eigenvalue weighted by molar-refractivity contribution is 6.26. The van der Waals surface area contributed by atoms with Crippen LogP contribution in [0.4, 0.5) is 0 Å². The van der Waals surface area contributed by atoms with Crippen LogP contribution in [0.1, 0.15) is 22.8 Å². The van der Waals surface area contributed by atoms with Crippen LogP contribution >= 0.6 is 0 Å². The Morgan fingerprint density at radius 1 is 0.293 bits per heavy atom. The lowest BCUT2D eigenvalue weighted by Gasteiger charge is -2.14. The van der Waals surface area contributed by atoms with Crippen LogP contribution in [0, 0.1) is 0 Å². The van der Waals surface area contributed by atoms with E-state index >= 15 is 0 Å². The Morgan fingerprint density at radius 3 is 1.14 bits per heavy atom. The van der Waals surface area contributed by atoms with Crippen LogP contribution in [0.15, 0.2) is 170 Å². The molecule has 12 rings (SSSR count). The molecule has 7 aromatic carbocycles. The fourth-order valence-electron chi connectivity index (χ4n) is 9.17. The molecular weight excluding hydrogens is 705 g/mol. The van der Waals surface area contributed by atoms with Crippen molar-refractivity contribution >= 4 is 78.7 Å². The van der Waals surface area contributed by atoms with Crippen LogP contribution in [0.2, 0.25) is 0 Å². The van der Waals surface area contributed by atoms with Crippen LogP contribution < -0.4 is 0 Å². The van der Waals surface area contributed by atoms with Gasteiger partial charge < -0.3 is 9.97 Å². The molecule has 0 radical (unpaired) electrons. The SMILES string of the molecule is C1=Cc2nc1c(-c1ccccc1)c1ccc([nH]1)c(-c1ccccc1)c1nc(c(-c3ccc4ccc5cccc6ccc3c4c56)c3ccc([nH]3)c2-c2ccccc2)C=C1. The van der Waals surface area contributed by atoms with E-state index < -0.39 is 0 Å². The topological polar surface area (TPSA) is 57.4 Å². The van der Waals surface area contributed by atoms with Gasteiger partial charge in [-0.3, -0.25) is 0 Å². The third kappa shape index (κ3) is 5.09. The molecule has 0 unspecified atom stereocenters. The summed E-state index contributed by atoms with van der Waals surface area (Å²) < 4.78 is 0. The lowest BCUT2D eigenvalue weighted by atomic mass is 9.89. The fourth-order valence-corrected chi connectivity index (χ4v) is 9.17. The van der Waals surface area contributed by atoms with Crippen molar-refractivity contribution in [2.24, 2.45) is 0 Å². The molecule has 0 atom stereocenters. The molecule has 2 N–H and O–H groups in total. The Labute approximate surface area is 334 Å². The summed E-state index contributed by atoms with van der Waals surface area (Å²) in [7, 11) is 0. The fraction of sp³-hybridized carbons (Fsp3) is 0. The van der Waals surface area contributed by atoms with Crippen LogP contribution in [0.3, 0.4) is 0 Å². The molecule has 0 saturated heterocycles. The molecule has 0 spiro atoms. The van der Waals surface area contributed by atoms with Gasteiger partial charge >= 0.3 is 0 Å². The summed E-state index contributed by atoms with van der Waals surface area (Å²) in [6, 6.07) is 60.6. The number of fused-ring (bicyclic) bond motifs is 8. The first-order valence-electron chi connectivity index (χ1n) is 19.7. The zero-order valence-corrected chi connectivity index (χ0v) is 31.4. The Morgan fingerprint density at radius 2 is 0.672 bits per heavy atom. The molecule has 270 valence electrons. The molecule has 58 heavy (non-hydrogen) atoms. The monoisotopic (exact) mass is 738 g/mol. The van der Waals surface area contributed by atoms with Crippen molar-refractivity contribution in [3.63, 3.8) is 0 Å². The molecule has 0 fully saturated rings. The Hall–Kier alpha value is -7.82. The Balaban J connectivity index is 1.27. The van der Waals surface area contributed by atoms with Gasteiger partial charge in [-0.2, -0.15) is 0 Å². The first-order chi connectivity index (χ1) is 28.7. The van der Waals surface area contributed by atoms with Crippen LogP contribution in [0.25, 0.3) is 123 Å². The first-order valence-corrected chi connectivity index (χ1v) is 19.7. The van der Waals surface area contributed by atoms with E-state index in [1.165, 1.54) is 32.3 Å². The summed E-state index contributed by atoms with van der Waals surface area (Å²) in [5.74, 6) is 0. The molecule has 4 heteroatoms. The second-order valence-electron chi connectivity index (χ2n) is 15.1. The molecular formula is C54H34N4. The number of hydrogen-bond donors (Lipinski definition) is 2. The maximum atomic E-state index is 5.56. The molecule has 4 nitrogen and oxygen atoms in total. The summed E-state index contributed by atoms with van der Waals surface area (Å²) in [5.41, 5.74) is 16.1. The average molecular weight is 739 g/mol. The molecule has 0 aliphatic carbocycles. The van der Waals surface area contributed by atoms with Crippen molar-refractivity contribution in [1.82, 2.24) is 19.9 Å². The van der Waals surface area contributed by atoms with E-state index in [4.69, 9.17) is 9.97 Å². The molecule has 0 amide bonds. The van der Waals surface area contributed by atoms with E-state index in [2.05, 4.69) is 204 Å². The number of aromatic nitrogens is 4. The molecule has 5 heterocycles. The maximum absolute atomic E-state index is 5.56. The van der Waals surface area contributed by atoms with Gasteiger partial charge in [0.05, 0.1) is 22.8 Å². The predicted molar refractivity (Wildman–Crippen MR) is 244 cm³/mol. The third-order valence-corrected chi connectivity index (χ3v) is 11.7. The highest BCUT2D eigenvalue weighted by Crippen LogP contribution is 2.43. The van der Waals surface area contributed by atoms with Gasteiger partial charge in [0.1, 0.15) is 0 Å². The van der Waals surface area contributed by atoms with Crippen molar-refractivity contribution < 1.29 is 0 Å². The van der Waals surface area contributed by atoms with Gasteiger partial charge in [0.2, 0.25) is 0 Å². The minimum Gasteiger partial charge on any atom is -0.354 e. The minimum atomic E-state index is 0.898. The highest BCUT2D eigenvalue weighted by Gasteiger charge is 2.21. The van der Waals surface area contributed by atoms with Gasteiger partial charge in [0.15, 0.2) is 0 Å². The molecule has 0 saturated carbocycles. The van der Waals surface area contributed by atoms with Crippen molar-refractivity contribution in [3.8, 4) is 44.5 Å². The zero-order chi connectivity index (χ0) is 38.2. The number of H-pyrrole nitrogens is 2.